The van der Waals surface area contributed by atoms with Crippen molar-refractivity contribution in [1.29, 1.82) is 0 Å². The number of likely N-dealkylation sites (tertiary alicyclic amines) is 1. The Labute approximate surface area is 203 Å². The molecule has 1 N–H and O–H groups in total. The highest BCUT2D eigenvalue weighted by atomic mass is 16.5. The molecule has 1 atom stereocenters. The van der Waals surface area contributed by atoms with E-state index in [0.29, 0.717) is 24.8 Å². The van der Waals surface area contributed by atoms with Crippen LogP contribution in [-0.2, 0) is 14.3 Å². The lowest BCUT2D eigenvalue weighted by molar-refractivity contribution is -0.150. The highest BCUT2D eigenvalue weighted by molar-refractivity contribution is 5.94. The number of hydrogen-bond donors (Lipinski definition) is 1. The zero-order chi connectivity index (χ0) is 23.8. The van der Waals surface area contributed by atoms with E-state index in [1.54, 1.807) is 0 Å². The summed E-state index contributed by atoms with van der Waals surface area (Å²) in [7, 11) is 0. The third-order valence-corrected chi connectivity index (χ3v) is 7.37. The molecule has 3 heterocycles. The summed E-state index contributed by atoms with van der Waals surface area (Å²) < 4.78 is 10.6. The number of carbonyl (C=O) groups excluding carboxylic acids is 2. The van der Waals surface area contributed by atoms with Crippen LogP contribution >= 0.6 is 0 Å². The molecule has 0 aromatic heterocycles. The Morgan fingerprint density at radius 2 is 1.76 bits per heavy atom. The van der Waals surface area contributed by atoms with Gasteiger partial charge in [-0.05, 0) is 63.4 Å². The monoisotopic (exact) mass is 472 g/mol. The molecule has 4 rings (SSSR count). The second-order valence-corrected chi connectivity index (χ2v) is 9.56. The molecular weight excluding hydrogens is 432 g/mol. The number of nitrogens with one attached hydrogen (secondary N) is 1. The fourth-order valence-electron chi connectivity index (χ4n) is 5.36. The lowest BCUT2D eigenvalue weighted by Gasteiger charge is -2.42. The quantitative estimate of drug-likeness (QED) is 0.580. The minimum Gasteiger partial charge on any atom is -0.466 e. The number of esters is 1. The summed E-state index contributed by atoms with van der Waals surface area (Å²) in [5.74, 6) is -0.0195. The fourth-order valence-corrected chi connectivity index (χ4v) is 5.36. The number of ether oxygens (including phenoxy) is 2. The Kier molecular flexibility index (Phi) is 9.18. The minimum absolute atomic E-state index is 0.0141. The number of rotatable bonds is 8. The van der Waals surface area contributed by atoms with Gasteiger partial charge in [0.1, 0.15) is 0 Å². The number of benzene rings is 1. The van der Waals surface area contributed by atoms with E-state index in [0.717, 1.165) is 84.7 Å². The molecule has 8 heteroatoms. The van der Waals surface area contributed by atoms with Crippen molar-refractivity contribution in [1.82, 2.24) is 15.1 Å². The number of piperidine rings is 2. The lowest BCUT2D eigenvalue weighted by atomic mass is 9.94. The van der Waals surface area contributed by atoms with Gasteiger partial charge in [0.25, 0.3) is 5.91 Å². The first-order valence-corrected chi connectivity index (χ1v) is 13.0. The van der Waals surface area contributed by atoms with Gasteiger partial charge in [-0.1, -0.05) is 0 Å². The van der Waals surface area contributed by atoms with Crippen LogP contribution in [-0.4, -0.2) is 99.9 Å². The molecular formula is C26H40N4O4. The summed E-state index contributed by atoms with van der Waals surface area (Å²) >= 11 is 0. The Morgan fingerprint density at radius 3 is 2.47 bits per heavy atom. The van der Waals surface area contributed by atoms with Crippen LogP contribution in [0.3, 0.4) is 0 Å². The molecule has 34 heavy (non-hydrogen) atoms. The van der Waals surface area contributed by atoms with Crippen LogP contribution in [0.4, 0.5) is 5.69 Å². The van der Waals surface area contributed by atoms with Crippen molar-refractivity contribution in [2.24, 2.45) is 5.92 Å². The van der Waals surface area contributed by atoms with Gasteiger partial charge in [0, 0.05) is 63.1 Å². The molecule has 0 bridgehead atoms. The van der Waals surface area contributed by atoms with Crippen molar-refractivity contribution < 1.29 is 19.1 Å². The molecule has 0 aliphatic carbocycles. The number of anilines is 1. The molecule has 3 aliphatic heterocycles. The van der Waals surface area contributed by atoms with Crippen LogP contribution in [0.15, 0.2) is 24.3 Å². The van der Waals surface area contributed by atoms with Gasteiger partial charge in [-0.3, -0.25) is 19.4 Å². The van der Waals surface area contributed by atoms with E-state index in [2.05, 4.69) is 32.1 Å². The lowest BCUT2D eigenvalue weighted by Crippen LogP contribution is -2.49. The molecule has 3 saturated heterocycles. The second-order valence-electron chi connectivity index (χ2n) is 9.56. The van der Waals surface area contributed by atoms with Crippen molar-refractivity contribution in [3.05, 3.63) is 29.8 Å². The zero-order valence-corrected chi connectivity index (χ0v) is 20.5. The highest BCUT2D eigenvalue weighted by Gasteiger charge is 2.32. The topological polar surface area (TPSA) is 74.4 Å². The van der Waals surface area contributed by atoms with Gasteiger partial charge in [0.2, 0.25) is 0 Å². The van der Waals surface area contributed by atoms with Gasteiger partial charge < -0.3 is 19.7 Å². The number of hydrogen-bond acceptors (Lipinski definition) is 7. The first kappa shape index (κ1) is 24.9. The van der Waals surface area contributed by atoms with Crippen molar-refractivity contribution in [3.8, 4) is 0 Å². The summed E-state index contributed by atoms with van der Waals surface area (Å²) in [4.78, 5) is 31.9. The van der Waals surface area contributed by atoms with Crippen molar-refractivity contribution in [2.75, 3.05) is 77.1 Å². The van der Waals surface area contributed by atoms with Crippen LogP contribution in [0, 0.1) is 5.92 Å². The third kappa shape index (κ3) is 6.71. The fraction of sp³-hybridized carbons (Fsp3) is 0.692. The summed E-state index contributed by atoms with van der Waals surface area (Å²) in [6, 6.07) is 8.52. The maximum Gasteiger partial charge on any atom is 0.310 e. The molecule has 3 aliphatic rings. The van der Waals surface area contributed by atoms with Gasteiger partial charge in [-0.15, -0.1) is 0 Å². The van der Waals surface area contributed by atoms with Crippen molar-refractivity contribution in [2.45, 2.75) is 38.6 Å². The first-order valence-electron chi connectivity index (χ1n) is 13.0. The average Bonchev–Trinajstić information content (AvgIpc) is 2.90. The second kappa shape index (κ2) is 12.5. The number of morpholine rings is 1. The first-order chi connectivity index (χ1) is 16.6. The van der Waals surface area contributed by atoms with Gasteiger partial charge in [-0.25, -0.2) is 0 Å². The molecule has 0 saturated carbocycles. The van der Waals surface area contributed by atoms with Crippen molar-refractivity contribution in [3.63, 3.8) is 0 Å². The Balaban J connectivity index is 1.20. The molecule has 3 fully saturated rings. The van der Waals surface area contributed by atoms with Gasteiger partial charge in [-0.2, -0.15) is 0 Å². The van der Waals surface area contributed by atoms with Crippen LogP contribution in [0.25, 0.3) is 0 Å². The van der Waals surface area contributed by atoms with E-state index in [1.807, 2.05) is 19.1 Å². The number of carbonyl (C=O) groups is 2. The SMILES string of the molecule is CCOC(=O)C1CCCN(C2CCN(c3ccc(C(=O)NCCN4CCOCC4)cc3)CC2)C1. The van der Waals surface area contributed by atoms with E-state index in [1.165, 1.54) is 5.69 Å². The molecule has 188 valence electrons. The van der Waals surface area contributed by atoms with Gasteiger partial charge in [0.15, 0.2) is 0 Å². The number of amides is 1. The van der Waals surface area contributed by atoms with Crippen LogP contribution in [0.1, 0.15) is 43.0 Å². The maximum atomic E-state index is 12.5. The summed E-state index contributed by atoms with van der Waals surface area (Å²) in [5, 5.41) is 3.03. The minimum atomic E-state index is -0.0325. The molecule has 0 spiro atoms. The normalized spacial score (nSPS) is 23.0. The third-order valence-electron chi connectivity index (χ3n) is 7.37. The molecule has 0 radical (unpaired) electrons. The largest absolute Gasteiger partial charge is 0.466 e. The highest BCUT2D eigenvalue weighted by Crippen LogP contribution is 2.27. The van der Waals surface area contributed by atoms with Gasteiger partial charge in [0.05, 0.1) is 25.7 Å². The number of nitrogens with zero attached hydrogens (tertiary/aromatic N) is 3. The van der Waals surface area contributed by atoms with Crippen LogP contribution < -0.4 is 10.2 Å². The average molecular weight is 473 g/mol. The van der Waals surface area contributed by atoms with E-state index in [-0.39, 0.29) is 17.8 Å². The molecule has 1 amide bonds. The van der Waals surface area contributed by atoms with E-state index >= 15 is 0 Å². The smallest absolute Gasteiger partial charge is 0.310 e. The van der Waals surface area contributed by atoms with Crippen LogP contribution in [0.5, 0.6) is 0 Å². The standard InChI is InChI=1S/C26H40N4O4/c1-2-34-26(32)22-4-3-12-30(20-22)24-9-13-29(14-10-24)23-7-5-21(6-8-23)25(31)27-11-15-28-16-18-33-19-17-28/h5-8,22,24H,2-4,9-20H2,1H3,(H,27,31). The predicted molar refractivity (Wildman–Crippen MR) is 132 cm³/mol. The van der Waals surface area contributed by atoms with E-state index in [4.69, 9.17) is 9.47 Å². The Hall–Kier alpha value is -2.16. The Bertz CT molecular complexity index is 788. The van der Waals surface area contributed by atoms with E-state index < -0.39 is 0 Å². The maximum absolute atomic E-state index is 12.5. The van der Waals surface area contributed by atoms with Crippen molar-refractivity contribution >= 4 is 17.6 Å². The Morgan fingerprint density at radius 1 is 1.03 bits per heavy atom. The van der Waals surface area contributed by atoms with Crippen LogP contribution in [0.2, 0.25) is 0 Å². The summed E-state index contributed by atoms with van der Waals surface area (Å²) in [6.45, 7) is 11.2. The predicted octanol–water partition coefficient (Wildman–Crippen LogP) is 1.99. The summed E-state index contributed by atoms with van der Waals surface area (Å²) in [5.41, 5.74) is 1.88. The zero-order valence-electron chi connectivity index (χ0n) is 20.5. The molecule has 1 unspecified atom stereocenters. The molecule has 8 nitrogen and oxygen atoms in total. The summed E-state index contributed by atoms with van der Waals surface area (Å²) in [6.07, 6.45) is 4.21. The molecule has 1 aromatic rings. The van der Waals surface area contributed by atoms with Gasteiger partial charge >= 0.3 is 5.97 Å². The van der Waals surface area contributed by atoms with E-state index in [9.17, 15) is 9.59 Å². The molecule has 1 aromatic carbocycles.